The second kappa shape index (κ2) is 4.94. The van der Waals surface area contributed by atoms with Gasteiger partial charge in [0.1, 0.15) is 8.07 Å². The van der Waals surface area contributed by atoms with Crippen LogP contribution in [-0.4, -0.2) is 59.4 Å². The predicted octanol–water partition coefficient (Wildman–Crippen LogP) is 4.83. The van der Waals surface area contributed by atoms with Crippen LogP contribution in [-0.2, 0) is 0 Å². The van der Waals surface area contributed by atoms with Crippen LogP contribution in [0, 0.1) is 0 Å². The third kappa shape index (κ3) is 4.27. The van der Waals surface area contributed by atoms with Gasteiger partial charge in [0.2, 0.25) is 0 Å². The van der Waals surface area contributed by atoms with Crippen LogP contribution < -0.4 is 0 Å². The van der Waals surface area contributed by atoms with Gasteiger partial charge in [-0.2, -0.15) is 0 Å². The van der Waals surface area contributed by atoms with Crippen LogP contribution in [0.15, 0.2) is 0 Å². The molecule has 0 N–H and O–H groups in total. The summed E-state index contributed by atoms with van der Waals surface area (Å²) in [6.45, 7) is 23.8. The van der Waals surface area contributed by atoms with E-state index in [4.69, 9.17) is 0 Å². The fourth-order valence-corrected chi connectivity index (χ4v) is 33.3. The van der Waals surface area contributed by atoms with E-state index in [1.165, 1.54) is 0 Å². The first-order chi connectivity index (χ1) is 6.31. The molecule has 0 radical (unpaired) electrons. The van der Waals surface area contributed by atoms with Crippen LogP contribution in [0.2, 0.25) is 19.6 Å². The van der Waals surface area contributed by atoms with Crippen LogP contribution in [0.4, 0.5) is 0 Å². The molecular weight excluding hydrogens is 253 g/mol. The zero-order valence-corrected chi connectivity index (χ0v) is 16.0. The lowest BCUT2D eigenvalue weighted by atomic mass is 11.7. The van der Waals surface area contributed by atoms with Crippen molar-refractivity contribution in [3.05, 3.63) is 0 Å². The molecular formula is C11H30P3Si+. The van der Waals surface area contributed by atoms with Crippen molar-refractivity contribution < 1.29 is 0 Å². The van der Waals surface area contributed by atoms with E-state index in [9.17, 15) is 0 Å². The highest BCUT2D eigenvalue weighted by Crippen LogP contribution is 2.81. The molecule has 0 aliphatic carbocycles. The Balaban J connectivity index is 5.79. The van der Waals surface area contributed by atoms with E-state index in [0.29, 0.717) is 0 Å². The van der Waals surface area contributed by atoms with E-state index >= 15 is 0 Å². The van der Waals surface area contributed by atoms with Gasteiger partial charge in [0.25, 0.3) is 0 Å². The first kappa shape index (κ1) is 16.4. The van der Waals surface area contributed by atoms with Gasteiger partial charge in [-0.05, 0) is 33.3 Å². The molecule has 0 saturated carbocycles. The Morgan fingerprint density at radius 2 is 1.33 bits per heavy atom. The zero-order chi connectivity index (χ0) is 12.7. The molecule has 0 aromatic heterocycles. The minimum absolute atomic E-state index is 0.225. The molecule has 0 atom stereocenters. The topological polar surface area (TPSA) is 0 Å². The Morgan fingerprint density at radius 3 is 1.40 bits per heavy atom. The zero-order valence-electron chi connectivity index (χ0n) is 12.3. The number of rotatable bonds is 3. The summed E-state index contributed by atoms with van der Waals surface area (Å²) in [5, 5.41) is 0. The highest BCUT2D eigenvalue weighted by molar-refractivity contribution is 8.49. The fourth-order valence-electron chi connectivity index (χ4n) is 2.75. The maximum absolute atomic E-state index is 2.59. The molecule has 0 aromatic carbocycles. The van der Waals surface area contributed by atoms with Crippen molar-refractivity contribution in [1.29, 1.82) is 0 Å². The quantitative estimate of drug-likeness (QED) is 0.514. The molecule has 0 aliphatic heterocycles. The lowest BCUT2D eigenvalue weighted by Crippen LogP contribution is -2.35. The summed E-state index contributed by atoms with van der Waals surface area (Å²) in [6, 6.07) is 0. The SMILES string of the molecule is CP(C)[P+](C)(C)C([Si](C)(C)C)=P(C)(C)C. The van der Waals surface area contributed by atoms with Crippen LogP contribution in [0.1, 0.15) is 0 Å². The third-order valence-electron chi connectivity index (χ3n) is 2.82. The van der Waals surface area contributed by atoms with E-state index in [0.717, 1.165) is 0 Å². The summed E-state index contributed by atoms with van der Waals surface area (Å²) in [5.74, 6) is 0. The highest BCUT2D eigenvalue weighted by atomic mass is 32.1. The normalized spacial score (nSPS) is 14.6. The largest absolute Gasteiger partial charge is 0.122 e. The van der Waals surface area contributed by atoms with Crippen LogP contribution in [0.3, 0.4) is 0 Å². The van der Waals surface area contributed by atoms with Gasteiger partial charge in [-0.15, -0.1) is 0 Å². The Bertz CT molecular complexity index is 270. The van der Waals surface area contributed by atoms with E-state index in [1.54, 1.807) is 0 Å². The Labute approximate surface area is 101 Å². The summed E-state index contributed by atoms with van der Waals surface area (Å²) in [4.78, 5) is 0. The Hall–Kier alpha value is 1.38. The van der Waals surface area contributed by atoms with Crippen LogP contribution >= 0.6 is 21.4 Å². The van der Waals surface area contributed by atoms with E-state index < -0.39 is 21.9 Å². The molecule has 15 heavy (non-hydrogen) atoms. The molecule has 0 unspecified atom stereocenters. The van der Waals surface area contributed by atoms with Crippen LogP contribution in [0.25, 0.3) is 0 Å². The number of hydrogen-bond donors (Lipinski definition) is 0. The number of hydrogen-bond acceptors (Lipinski definition) is 0. The average Bonchev–Trinajstić information content (AvgIpc) is 1.76. The summed E-state index contributed by atoms with van der Waals surface area (Å²) in [6.07, 6.45) is 0. The van der Waals surface area contributed by atoms with Gasteiger partial charge >= 0.3 is 0 Å². The molecule has 0 fully saturated rings. The maximum Gasteiger partial charge on any atom is 0.122 e. The average molecular weight is 283 g/mol. The fraction of sp³-hybridized carbons (Fsp3) is 0.909. The molecule has 0 amide bonds. The van der Waals surface area contributed by atoms with Crippen molar-refractivity contribution in [2.24, 2.45) is 0 Å². The van der Waals surface area contributed by atoms with Gasteiger partial charge in [0.15, 0.2) is 0 Å². The highest BCUT2D eigenvalue weighted by Gasteiger charge is 2.44. The second-order valence-electron chi connectivity index (χ2n) is 6.83. The van der Waals surface area contributed by atoms with E-state index in [1.807, 2.05) is 0 Å². The van der Waals surface area contributed by atoms with Gasteiger partial charge in [-0.1, -0.05) is 26.5 Å². The molecule has 0 heterocycles. The smallest absolute Gasteiger partial charge is 0.0801 e. The summed E-state index contributed by atoms with van der Waals surface area (Å²) in [7, 11) is -0.864. The second-order valence-corrected chi connectivity index (χ2v) is 27.8. The lowest BCUT2D eigenvalue weighted by molar-refractivity contribution is 1.84. The molecule has 0 bridgehead atoms. The van der Waals surface area contributed by atoms with Crippen molar-refractivity contribution in [2.45, 2.75) is 19.6 Å². The Kier molecular flexibility index (Phi) is 5.39. The summed E-state index contributed by atoms with van der Waals surface area (Å²) >= 11 is 0. The van der Waals surface area contributed by atoms with Crippen molar-refractivity contribution in [2.75, 3.05) is 46.7 Å². The van der Waals surface area contributed by atoms with E-state index in [2.05, 4.69) is 71.0 Å². The van der Waals surface area contributed by atoms with Crippen LogP contribution in [0.5, 0.6) is 0 Å². The van der Waals surface area contributed by atoms with Crippen molar-refractivity contribution in [1.82, 2.24) is 0 Å². The molecule has 0 aromatic rings. The van der Waals surface area contributed by atoms with Crippen molar-refractivity contribution in [3.63, 3.8) is 0 Å². The van der Waals surface area contributed by atoms with Gasteiger partial charge < -0.3 is 0 Å². The molecule has 92 valence electrons. The standard InChI is InChI=1S/C11H30P3Si/c1-12(2)14(6,7)11(13(3,4)5)15(8,9)10/h1-10H3/q+1. The maximum atomic E-state index is 2.59. The lowest BCUT2D eigenvalue weighted by Gasteiger charge is -2.36. The minimum Gasteiger partial charge on any atom is -0.0801 e. The molecule has 4 heteroatoms. The molecule has 0 saturated heterocycles. The van der Waals surface area contributed by atoms with E-state index in [-0.39, 0.29) is 7.61 Å². The van der Waals surface area contributed by atoms with Crippen molar-refractivity contribution >= 4 is 34.2 Å². The predicted molar refractivity (Wildman–Crippen MR) is 90.6 cm³/mol. The van der Waals surface area contributed by atoms with Crippen molar-refractivity contribution in [3.8, 4) is 0 Å². The molecule has 0 spiro atoms. The molecule has 0 rings (SSSR count). The minimum atomic E-state index is -1.09. The van der Waals surface area contributed by atoms with Gasteiger partial charge in [-0.25, -0.2) is 0 Å². The monoisotopic (exact) mass is 283 g/mol. The first-order valence-electron chi connectivity index (χ1n) is 5.53. The van der Waals surface area contributed by atoms with Gasteiger partial charge in [0, 0.05) is 11.6 Å². The summed E-state index contributed by atoms with van der Waals surface area (Å²) < 4.78 is 2.07. The molecule has 0 nitrogen and oxygen atoms in total. The third-order valence-corrected chi connectivity index (χ3v) is 27.1. The van der Waals surface area contributed by atoms with Gasteiger partial charge in [-0.3, -0.25) is 0 Å². The Morgan fingerprint density at radius 1 is 1.00 bits per heavy atom. The first-order valence-corrected chi connectivity index (χ1v) is 17.8. The van der Waals surface area contributed by atoms with Gasteiger partial charge in [0.05, 0.1) is 20.9 Å². The molecule has 0 aliphatic rings. The summed E-state index contributed by atoms with van der Waals surface area (Å²) in [5.41, 5.74) is 0.